The minimum absolute atomic E-state index is 0.0694. The second-order valence-electron chi connectivity index (χ2n) is 1.78. The molecule has 0 rings (SSSR count). The smallest absolute Gasteiger partial charge is 0.168 e. The van der Waals surface area contributed by atoms with E-state index >= 15 is 0 Å². The first-order valence-electron chi connectivity index (χ1n) is 2.84. The van der Waals surface area contributed by atoms with E-state index in [2.05, 4.69) is 6.92 Å². The lowest BCUT2D eigenvalue weighted by Crippen LogP contribution is -2.24. The summed E-state index contributed by atoms with van der Waals surface area (Å²) in [4.78, 5) is 0. The van der Waals surface area contributed by atoms with Gasteiger partial charge in [0.1, 0.15) is 0 Å². The first kappa shape index (κ1) is 9.27. The Bertz CT molecular complexity index is 64.1. The molecular formula is C6H14O2S. The van der Waals surface area contributed by atoms with E-state index in [1.165, 1.54) is 0 Å². The summed E-state index contributed by atoms with van der Waals surface area (Å²) >= 11 is 1.73. The molecule has 3 heteroatoms. The molecule has 0 radical (unpaired) electrons. The summed E-state index contributed by atoms with van der Waals surface area (Å²) in [6.45, 7) is 2.07. The van der Waals surface area contributed by atoms with Crippen LogP contribution in [0.25, 0.3) is 0 Å². The number of hydrogen-bond acceptors (Lipinski definition) is 3. The van der Waals surface area contributed by atoms with Crippen LogP contribution in [-0.2, 0) is 9.47 Å². The first-order chi connectivity index (χ1) is 4.26. The van der Waals surface area contributed by atoms with Gasteiger partial charge in [-0.2, -0.15) is 11.8 Å². The zero-order valence-corrected chi connectivity index (χ0v) is 7.20. The highest BCUT2D eigenvalue weighted by Gasteiger charge is 2.12. The van der Waals surface area contributed by atoms with Crippen molar-refractivity contribution in [1.82, 2.24) is 0 Å². The van der Waals surface area contributed by atoms with E-state index < -0.39 is 0 Å². The summed E-state index contributed by atoms with van der Waals surface area (Å²) in [6.07, 6.45) is 1.97. The maximum Gasteiger partial charge on any atom is 0.168 e. The molecule has 0 spiro atoms. The molecule has 0 aliphatic carbocycles. The highest BCUT2D eigenvalue weighted by atomic mass is 32.2. The number of ether oxygens (including phenoxy) is 2. The molecule has 0 heterocycles. The number of hydrogen-bond donors (Lipinski definition) is 0. The summed E-state index contributed by atoms with van der Waals surface area (Å²) in [6, 6.07) is 0. The van der Waals surface area contributed by atoms with Crippen LogP contribution in [0, 0.1) is 0 Å². The standard InChI is InChI=1S/C6H14O2S/c1-5(9-4)6(7-2)8-3/h5-6H,1-4H3. The second kappa shape index (κ2) is 5.09. The highest BCUT2D eigenvalue weighted by Crippen LogP contribution is 2.12. The molecule has 0 amide bonds. The van der Waals surface area contributed by atoms with Crippen molar-refractivity contribution >= 4 is 11.8 Å². The van der Waals surface area contributed by atoms with Gasteiger partial charge in [0.2, 0.25) is 0 Å². The lowest BCUT2D eigenvalue weighted by Gasteiger charge is -2.18. The summed E-state index contributed by atoms with van der Waals surface area (Å²) in [5.41, 5.74) is 0. The van der Waals surface area contributed by atoms with Gasteiger partial charge in [-0.05, 0) is 13.2 Å². The van der Waals surface area contributed by atoms with E-state index in [4.69, 9.17) is 9.47 Å². The zero-order chi connectivity index (χ0) is 7.28. The molecule has 0 saturated carbocycles. The molecule has 2 nitrogen and oxygen atoms in total. The summed E-state index contributed by atoms with van der Waals surface area (Å²) in [5.74, 6) is 0. The van der Waals surface area contributed by atoms with Gasteiger partial charge in [0.25, 0.3) is 0 Å². The van der Waals surface area contributed by atoms with Crippen LogP contribution < -0.4 is 0 Å². The maximum absolute atomic E-state index is 5.01. The van der Waals surface area contributed by atoms with Gasteiger partial charge >= 0.3 is 0 Å². The molecule has 0 N–H and O–H groups in total. The summed E-state index contributed by atoms with van der Waals surface area (Å²) < 4.78 is 10.0. The average molecular weight is 150 g/mol. The van der Waals surface area contributed by atoms with Gasteiger partial charge < -0.3 is 9.47 Å². The van der Waals surface area contributed by atoms with Crippen LogP contribution in [0.3, 0.4) is 0 Å². The lowest BCUT2D eigenvalue weighted by atomic mass is 10.5. The normalized spacial score (nSPS) is 14.3. The molecule has 0 aromatic carbocycles. The van der Waals surface area contributed by atoms with Gasteiger partial charge in [-0.15, -0.1) is 0 Å². The van der Waals surface area contributed by atoms with Crippen LogP contribution in [0.5, 0.6) is 0 Å². The topological polar surface area (TPSA) is 18.5 Å². The van der Waals surface area contributed by atoms with Crippen LogP contribution in [0.4, 0.5) is 0 Å². The zero-order valence-electron chi connectivity index (χ0n) is 6.38. The molecule has 56 valence electrons. The summed E-state index contributed by atoms with van der Waals surface area (Å²) in [5, 5.41) is 0.403. The fourth-order valence-electron chi connectivity index (χ4n) is 0.591. The Kier molecular flexibility index (Phi) is 5.24. The molecule has 0 saturated heterocycles. The Hall–Kier alpha value is 0.270. The third-order valence-corrected chi connectivity index (χ3v) is 2.19. The van der Waals surface area contributed by atoms with Crippen molar-refractivity contribution in [3.05, 3.63) is 0 Å². The third kappa shape index (κ3) is 3.08. The van der Waals surface area contributed by atoms with E-state index in [-0.39, 0.29) is 6.29 Å². The Morgan fingerprint density at radius 3 is 1.78 bits per heavy atom. The predicted octanol–water partition coefficient (Wildman–Crippen LogP) is 1.36. The molecule has 1 unspecified atom stereocenters. The lowest BCUT2D eigenvalue weighted by molar-refractivity contribution is -0.0987. The van der Waals surface area contributed by atoms with Crippen molar-refractivity contribution in [2.75, 3.05) is 20.5 Å². The first-order valence-corrected chi connectivity index (χ1v) is 4.13. The van der Waals surface area contributed by atoms with Crippen LogP contribution >= 0.6 is 11.8 Å². The fraction of sp³-hybridized carbons (Fsp3) is 1.00. The van der Waals surface area contributed by atoms with Gasteiger partial charge in [-0.25, -0.2) is 0 Å². The minimum atomic E-state index is -0.0694. The van der Waals surface area contributed by atoms with Crippen molar-refractivity contribution in [3.63, 3.8) is 0 Å². The third-order valence-electron chi connectivity index (χ3n) is 1.22. The van der Waals surface area contributed by atoms with E-state index in [1.807, 2.05) is 6.26 Å². The second-order valence-corrected chi connectivity index (χ2v) is 3.00. The molecule has 0 aliphatic rings. The monoisotopic (exact) mass is 150 g/mol. The Morgan fingerprint density at radius 2 is 1.67 bits per heavy atom. The quantitative estimate of drug-likeness (QED) is 0.564. The van der Waals surface area contributed by atoms with E-state index in [0.717, 1.165) is 0 Å². The van der Waals surface area contributed by atoms with E-state index in [9.17, 15) is 0 Å². The van der Waals surface area contributed by atoms with Crippen molar-refractivity contribution in [1.29, 1.82) is 0 Å². The van der Waals surface area contributed by atoms with Gasteiger partial charge in [0.05, 0.1) is 5.25 Å². The number of methoxy groups -OCH3 is 2. The fourth-order valence-corrected chi connectivity index (χ4v) is 1.04. The molecule has 0 bridgehead atoms. The molecule has 0 aliphatic heterocycles. The van der Waals surface area contributed by atoms with Crippen molar-refractivity contribution in [3.8, 4) is 0 Å². The minimum Gasteiger partial charge on any atom is -0.355 e. The molecular weight excluding hydrogens is 136 g/mol. The van der Waals surface area contributed by atoms with Crippen molar-refractivity contribution in [2.24, 2.45) is 0 Å². The van der Waals surface area contributed by atoms with Crippen molar-refractivity contribution < 1.29 is 9.47 Å². The van der Waals surface area contributed by atoms with E-state index in [0.29, 0.717) is 5.25 Å². The van der Waals surface area contributed by atoms with Gasteiger partial charge in [-0.1, -0.05) is 0 Å². The van der Waals surface area contributed by atoms with Gasteiger partial charge in [0.15, 0.2) is 6.29 Å². The van der Waals surface area contributed by atoms with Crippen LogP contribution in [0.2, 0.25) is 0 Å². The van der Waals surface area contributed by atoms with Crippen LogP contribution in [-0.4, -0.2) is 32.0 Å². The number of rotatable bonds is 4. The Labute approximate surface area is 60.9 Å². The van der Waals surface area contributed by atoms with Crippen LogP contribution in [0.15, 0.2) is 0 Å². The van der Waals surface area contributed by atoms with Crippen LogP contribution in [0.1, 0.15) is 6.92 Å². The Balaban J connectivity index is 3.50. The average Bonchev–Trinajstić information content (AvgIpc) is 1.90. The molecule has 1 atom stereocenters. The summed E-state index contributed by atoms with van der Waals surface area (Å²) in [7, 11) is 3.31. The molecule has 0 aromatic heterocycles. The van der Waals surface area contributed by atoms with Gasteiger partial charge in [-0.3, -0.25) is 0 Å². The SMILES string of the molecule is COC(OC)C(C)SC. The van der Waals surface area contributed by atoms with Crippen molar-refractivity contribution in [2.45, 2.75) is 18.5 Å². The largest absolute Gasteiger partial charge is 0.355 e. The molecule has 9 heavy (non-hydrogen) atoms. The van der Waals surface area contributed by atoms with E-state index in [1.54, 1.807) is 26.0 Å². The number of thioether (sulfide) groups is 1. The maximum atomic E-state index is 5.01. The highest BCUT2D eigenvalue weighted by molar-refractivity contribution is 7.99. The molecule has 0 aromatic rings. The Morgan fingerprint density at radius 1 is 1.22 bits per heavy atom. The van der Waals surface area contributed by atoms with Gasteiger partial charge in [0, 0.05) is 14.2 Å². The molecule has 0 fully saturated rings. The predicted molar refractivity (Wildman–Crippen MR) is 40.8 cm³/mol.